The third kappa shape index (κ3) is 2.86. The third-order valence-corrected chi connectivity index (χ3v) is 4.54. The minimum atomic E-state index is -0.367. The van der Waals surface area contributed by atoms with Gasteiger partial charge in [-0.15, -0.1) is 0 Å². The van der Waals surface area contributed by atoms with E-state index < -0.39 is 0 Å². The highest BCUT2D eigenvalue weighted by Gasteiger charge is 2.37. The van der Waals surface area contributed by atoms with Crippen LogP contribution in [0.4, 0.5) is 0 Å². The highest BCUT2D eigenvalue weighted by Crippen LogP contribution is 2.30. The number of nitrogens with one attached hydrogen (secondary N) is 1. The van der Waals surface area contributed by atoms with Gasteiger partial charge in [0.15, 0.2) is 0 Å². The van der Waals surface area contributed by atoms with Crippen molar-refractivity contribution in [1.82, 2.24) is 10.2 Å². The van der Waals surface area contributed by atoms with Gasteiger partial charge in [-0.2, -0.15) is 0 Å². The number of hydrogen-bond acceptors (Lipinski definition) is 4. The minimum absolute atomic E-state index is 0.0946. The predicted octanol–water partition coefficient (Wildman–Crippen LogP) is 1.40. The van der Waals surface area contributed by atoms with Crippen LogP contribution in [0.1, 0.15) is 39.5 Å². The highest BCUT2D eigenvalue weighted by atomic mass is 16.5. The minimum Gasteiger partial charge on any atom is -0.469 e. The quantitative estimate of drug-likeness (QED) is 0.770. The van der Waals surface area contributed by atoms with Crippen LogP contribution in [-0.2, 0) is 9.53 Å². The normalized spacial score (nSPS) is 29.1. The van der Waals surface area contributed by atoms with Gasteiger partial charge in [-0.25, -0.2) is 0 Å². The fourth-order valence-corrected chi connectivity index (χ4v) is 3.23. The number of rotatable bonds is 4. The van der Waals surface area contributed by atoms with E-state index in [0.29, 0.717) is 6.04 Å². The molecule has 2 rings (SSSR count). The van der Waals surface area contributed by atoms with Crippen LogP contribution in [0.3, 0.4) is 0 Å². The smallest absolute Gasteiger partial charge is 0.311 e. The molecule has 0 aliphatic carbocycles. The van der Waals surface area contributed by atoms with Crippen molar-refractivity contribution in [3.05, 3.63) is 0 Å². The number of esters is 1. The lowest BCUT2D eigenvalue weighted by molar-refractivity contribution is -0.151. The molecule has 0 radical (unpaired) electrons. The number of carbonyl (C=O) groups is 1. The van der Waals surface area contributed by atoms with Gasteiger partial charge < -0.3 is 10.1 Å². The zero-order valence-corrected chi connectivity index (χ0v) is 11.9. The fourth-order valence-electron chi connectivity index (χ4n) is 3.23. The second-order valence-corrected chi connectivity index (χ2v) is 6.24. The Labute approximate surface area is 110 Å². The molecule has 2 heterocycles. The van der Waals surface area contributed by atoms with Crippen molar-refractivity contribution in [2.24, 2.45) is 5.41 Å². The van der Waals surface area contributed by atoms with Crippen LogP contribution in [0.2, 0.25) is 0 Å². The summed E-state index contributed by atoms with van der Waals surface area (Å²) in [6.07, 6.45) is 4.75. The van der Waals surface area contributed by atoms with E-state index in [0.717, 1.165) is 32.1 Å². The van der Waals surface area contributed by atoms with E-state index in [2.05, 4.69) is 10.2 Å². The van der Waals surface area contributed by atoms with Crippen molar-refractivity contribution in [2.45, 2.75) is 51.6 Å². The summed E-state index contributed by atoms with van der Waals surface area (Å²) in [5.41, 5.74) is -0.367. The van der Waals surface area contributed by atoms with Gasteiger partial charge in [-0.3, -0.25) is 9.69 Å². The number of fused-ring (bicyclic) bond motifs is 2. The molecule has 2 fully saturated rings. The average molecular weight is 254 g/mol. The van der Waals surface area contributed by atoms with E-state index in [1.165, 1.54) is 26.4 Å². The van der Waals surface area contributed by atoms with Crippen LogP contribution in [0.25, 0.3) is 0 Å². The Morgan fingerprint density at radius 3 is 2.78 bits per heavy atom. The molecule has 0 amide bonds. The van der Waals surface area contributed by atoms with Crippen LogP contribution in [0.15, 0.2) is 0 Å². The fraction of sp³-hybridized carbons (Fsp3) is 0.929. The molecule has 4 nitrogen and oxygen atoms in total. The van der Waals surface area contributed by atoms with E-state index in [9.17, 15) is 4.79 Å². The number of carbonyl (C=O) groups excluding carboxylic acids is 1. The van der Waals surface area contributed by atoms with Crippen molar-refractivity contribution in [2.75, 3.05) is 26.7 Å². The average Bonchev–Trinajstić information content (AvgIpc) is 2.58. The highest BCUT2D eigenvalue weighted by molar-refractivity contribution is 5.75. The Morgan fingerprint density at radius 2 is 2.06 bits per heavy atom. The molecule has 2 bridgehead atoms. The van der Waals surface area contributed by atoms with Crippen LogP contribution in [0, 0.1) is 5.41 Å². The number of hydrogen-bond donors (Lipinski definition) is 1. The largest absolute Gasteiger partial charge is 0.469 e. The molecular formula is C14H26N2O2. The molecular weight excluding hydrogens is 228 g/mol. The van der Waals surface area contributed by atoms with Gasteiger partial charge in [-0.05, 0) is 52.6 Å². The maximum absolute atomic E-state index is 11.7. The summed E-state index contributed by atoms with van der Waals surface area (Å²) in [5.74, 6) is -0.0946. The van der Waals surface area contributed by atoms with Gasteiger partial charge in [0.25, 0.3) is 0 Å². The Bertz CT molecular complexity index is 290. The molecule has 4 heteroatoms. The molecule has 2 aliphatic heterocycles. The predicted molar refractivity (Wildman–Crippen MR) is 71.4 cm³/mol. The first kappa shape index (κ1) is 13.8. The van der Waals surface area contributed by atoms with Gasteiger partial charge in [0.05, 0.1) is 12.5 Å². The van der Waals surface area contributed by atoms with Crippen LogP contribution < -0.4 is 5.32 Å². The van der Waals surface area contributed by atoms with Gasteiger partial charge in [0.1, 0.15) is 0 Å². The van der Waals surface area contributed by atoms with Crippen LogP contribution in [0.5, 0.6) is 0 Å². The first-order valence-electron chi connectivity index (χ1n) is 7.09. The SMILES string of the molecule is COC(=O)C(C)(C)CCN1C2CCNCC1CC2. The first-order valence-corrected chi connectivity index (χ1v) is 7.09. The standard InChI is InChI=1S/C14H26N2O2/c1-14(2,13(17)18-3)7-9-16-11-4-5-12(16)10-15-8-6-11/h11-12,15H,4-10H2,1-3H3. The molecule has 0 spiro atoms. The van der Waals surface area contributed by atoms with E-state index in [-0.39, 0.29) is 11.4 Å². The molecule has 2 unspecified atom stereocenters. The molecule has 0 aromatic heterocycles. The van der Waals surface area contributed by atoms with Crippen molar-refractivity contribution in [1.29, 1.82) is 0 Å². The van der Waals surface area contributed by atoms with Crippen molar-refractivity contribution < 1.29 is 9.53 Å². The number of nitrogens with zero attached hydrogens (tertiary/aromatic N) is 1. The number of methoxy groups -OCH3 is 1. The van der Waals surface area contributed by atoms with E-state index in [4.69, 9.17) is 4.74 Å². The lowest BCUT2D eigenvalue weighted by Crippen LogP contribution is -2.41. The molecule has 2 aliphatic rings. The van der Waals surface area contributed by atoms with Crippen molar-refractivity contribution >= 4 is 5.97 Å². The Kier molecular flexibility index (Phi) is 4.28. The maximum Gasteiger partial charge on any atom is 0.311 e. The summed E-state index contributed by atoms with van der Waals surface area (Å²) in [4.78, 5) is 14.3. The monoisotopic (exact) mass is 254 g/mol. The van der Waals surface area contributed by atoms with Crippen molar-refractivity contribution in [3.63, 3.8) is 0 Å². The topological polar surface area (TPSA) is 41.6 Å². The molecule has 1 N–H and O–H groups in total. The lowest BCUT2D eigenvalue weighted by Gasteiger charge is -2.31. The summed E-state index contributed by atoms with van der Waals surface area (Å²) < 4.78 is 4.88. The molecule has 0 saturated carbocycles. The Morgan fingerprint density at radius 1 is 1.33 bits per heavy atom. The zero-order chi connectivity index (χ0) is 13.2. The maximum atomic E-state index is 11.7. The second kappa shape index (κ2) is 5.57. The van der Waals surface area contributed by atoms with E-state index in [1.807, 2.05) is 13.8 Å². The zero-order valence-electron chi connectivity index (χ0n) is 11.9. The summed E-state index contributed by atoms with van der Waals surface area (Å²) in [6, 6.07) is 1.39. The van der Waals surface area contributed by atoms with Gasteiger partial charge in [0.2, 0.25) is 0 Å². The molecule has 0 aromatic carbocycles. The summed E-state index contributed by atoms with van der Waals surface area (Å²) in [7, 11) is 1.48. The van der Waals surface area contributed by atoms with Crippen LogP contribution >= 0.6 is 0 Å². The van der Waals surface area contributed by atoms with Crippen molar-refractivity contribution in [3.8, 4) is 0 Å². The first-order chi connectivity index (χ1) is 8.54. The van der Waals surface area contributed by atoms with E-state index in [1.54, 1.807) is 0 Å². The Balaban J connectivity index is 1.91. The van der Waals surface area contributed by atoms with E-state index >= 15 is 0 Å². The molecule has 2 saturated heterocycles. The molecule has 104 valence electrons. The molecule has 0 aromatic rings. The lowest BCUT2D eigenvalue weighted by atomic mass is 9.89. The van der Waals surface area contributed by atoms with Gasteiger partial charge in [0, 0.05) is 18.6 Å². The second-order valence-electron chi connectivity index (χ2n) is 6.24. The molecule has 18 heavy (non-hydrogen) atoms. The summed E-state index contributed by atoms with van der Waals surface area (Å²) in [5, 5.41) is 3.51. The number of ether oxygens (including phenoxy) is 1. The third-order valence-electron chi connectivity index (χ3n) is 4.54. The van der Waals surface area contributed by atoms with Gasteiger partial charge in [-0.1, -0.05) is 0 Å². The summed E-state index contributed by atoms with van der Waals surface area (Å²) >= 11 is 0. The van der Waals surface area contributed by atoms with Crippen LogP contribution in [-0.4, -0.2) is 49.7 Å². The summed E-state index contributed by atoms with van der Waals surface area (Å²) in [6.45, 7) is 7.22. The Hall–Kier alpha value is -0.610. The molecule has 2 atom stereocenters. The van der Waals surface area contributed by atoms with Gasteiger partial charge >= 0.3 is 5.97 Å².